The van der Waals surface area contributed by atoms with Crippen molar-refractivity contribution < 1.29 is 14.6 Å². The van der Waals surface area contributed by atoms with E-state index in [-0.39, 0.29) is 5.56 Å². The minimum absolute atomic E-state index is 0.190. The maximum absolute atomic E-state index is 12.6. The number of halogens is 1. The van der Waals surface area contributed by atoms with Crippen LogP contribution in [0.25, 0.3) is 11.3 Å². The molecule has 0 radical (unpaired) electrons. The summed E-state index contributed by atoms with van der Waals surface area (Å²) in [6.07, 6.45) is 0.696. The predicted octanol–water partition coefficient (Wildman–Crippen LogP) is 5.20. The molecule has 0 aliphatic rings. The number of thiazole rings is 1. The molecule has 2 aromatic carbocycles. The van der Waals surface area contributed by atoms with E-state index in [9.17, 15) is 25.0 Å². The van der Waals surface area contributed by atoms with Crippen molar-refractivity contribution in [1.82, 2.24) is 4.98 Å². The number of carbonyl (C=O) groups is 1. The Morgan fingerprint density at radius 2 is 1.69 bits per heavy atom. The van der Waals surface area contributed by atoms with Gasteiger partial charge in [-0.15, -0.1) is 11.3 Å². The highest BCUT2D eigenvalue weighted by Gasteiger charge is 2.21. The first-order valence-electron chi connectivity index (χ1n) is 8.29. The smallest absolute Gasteiger partial charge is 0.277 e. The maximum atomic E-state index is 12.6. The normalized spacial score (nSPS) is 10.6. The number of nitro benzene ring substituents is 2. The van der Waals surface area contributed by atoms with Crippen LogP contribution in [-0.2, 0) is 6.42 Å². The summed E-state index contributed by atoms with van der Waals surface area (Å²) in [7, 11) is 0. The van der Waals surface area contributed by atoms with Crippen LogP contribution in [0.1, 0.15) is 22.2 Å². The van der Waals surface area contributed by atoms with Gasteiger partial charge in [0.15, 0.2) is 5.13 Å². The van der Waals surface area contributed by atoms with E-state index >= 15 is 0 Å². The van der Waals surface area contributed by atoms with Crippen LogP contribution in [0.2, 0.25) is 0 Å². The van der Waals surface area contributed by atoms with Crippen LogP contribution in [-0.4, -0.2) is 20.7 Å². The molecule has 0 aliphatic heterocycles. The van der Waals surface area contributed by atoms with E-state index in [4.69, 9.17) is 0 Å². The van der Waals surface area contributed by atoms with Gasteiger partial charge in [0.1, 0.15) is 0 Å². The Morgan fingerprint density at radius 1 is 1.10 bits per heavy atom. The van der Waals surface area contributed by atoms with E-state index in [1.165, 1.54) is 11.3 Å². The van der Waals surface area contributed by atoms with E-state index in [1.54, 1.807) is 0 Å². The first-order valence-corrected chi connectivity index (χ1v) is 9.90. The van der Waals surface area contributed by atoms with Crippen LogP contribution >= 0.6 is 27.3 Å². The Hall–Kier alpha value is -3.18. The summed E-state index contributed by atoms with van der Waals surface area (Å²) in [6.45, 7) is 1.96. The number of carbonyl (C=O) groups excluding carboxylic acids is 1. The van der Waals surface area contributed by atoms with E-state index in [1.807, 2.05) is 31.2 Å². The average molecular weight is 477 g/mol. The third kappa shape index (κ3) is 4.63. The highest BCUT2D eigenvalue weighted by atomic mass is 79.9. The first kappa shape index (κ1) is 20.6. The van der Waals surface area contributed by atoms with Crippen molar-refractivity contribution in [2.75, 3.05) is 5.32 Å². The average Bonchev–Trinajstić information content (AvgIpc) is 3.10. The molecule has 0 aliphatic carbocycles. The number of nitrogens with zero attached hydrogens (tertiary/aromatic N) is 3. The van der Waals surface area contributed by atoms with Gasteiger partial charge >= 0.3 is 0 Å². The topological polar surface area (TPSA) is 128 Å². The lowest BCUT2D eigenvalue weighted by molar-refractivity contribution is -0.394. The summed E-state index contributed by atoms with van der Waals surface area (Å²) in [5.74, 6) is -0.712. The second-order valence-corrected chi connectivity index (χ2v) is 7.86. The number of rotatable bonds is 6. The fourth-order valence-corrected chi connectivity index (χ4v) is 3.77. The first-order chi connectivity index (χ1) is 13.8. The Kier molecular flexibility index (Phi) is 5.99. The second-order valence-electron chi connectivity index (χ2n) is 5.86. The Labute approximate surface area is 176 Å². The molecule has 1 aromatic heterocycles. The molecule has 0 spiro atoms. The summed E-state index contributed by atoms with van der Waals surface area (Å²) in [6, 6.07) is 10.4. The van der Waals surface area contributed by atoms with Gasteiger partial charge in [-0.2, -0.15) is 0 Å². The van der Waals surface area contributed by atoms with Crippen LogP contribution in [0.4, 0.5) is 16.5 Å². The minimum Gasteiger partial charge on any atom is -0.298 e. The molecule has 1 N–H and O–H groups in total. The van der Waals surface area contributed by atoms with Crippen molar-refractivity contribution in [3.63, 3.8) is 0 Å². The molecular formula is C18H13BrN4O5S. The van der Waals surface area contributed by atoms with Crippen LogP contribution in [0.15, 0.2) is 46.9 Å². The van der Waals surface area contributed by atoms with E-state index in [2.05, 4.69) is 26.2 Å². The number of hydrogen-bond acceptors (Lipinski definition) is 7. The zero-order chi connectivity index (χ0) is 21.1. The summed E-state index contributed by atoms with van der Waals surface area (Å²) < 4.78 is 0.926. The van der Waals surface area contributed by atoms with Gasteiger partial charge in [-0.1, -0.05) is 35.0 Å². The van der Waals surface area contributed by atoms with E-state index in [0.29, 0.717) is 11.6 Å². The standard InChI is InChI=1S/C18H13BrN4O5S/c1-2-15-16(10-3-5-12(19)6-4-10)20-18(29-15)21-17(24)11-7-13(22(25)26)9-14(8-11)23(27)28/h3-9H,2H2,1H3,(H,20,21,24). The number of nitro groups is 2. The zero-order valence-electron chi connectivity index (χ0n) is 14.9. The number of amides is 1. The largest absolute Gasteiger partial charge is 0.298 e. The second kappa shape index (κ2) is 8.45. The van der Waals surface area contributed by atoms with E-state index in [0.717, 1.165) is 38.8 Å². The van der Waals surface area contributed by atoms with Crippen LogP contribution in [0, 0.1) is 20.2 Å². The van der Waals surface area contributed by atoms with Gasteiger partial charge in [-0.25, -0.2) is 4.98 Å². The third-order valence-corrected chi connectivity index (χ3v) is 5.59. The molecule has 0 bridgehead atoms. The number of hydrogen-bond donors (Lipinski definition) is 1. The van der Waals surface area contributed by atoms with Crippen molar-refractivity contribution in [2.45, 2.75) is 13.3 Å². The molecule has 3 rings (SSSR count). The highest BCUT2D eigenvalue weighted by molar-refractivity contribution is 9.10. The summed E-state index contributed by atoms with van der Waals surface area (Å²) in [5.41, 5.74) is 0.351. The number of aromatic nitrogens is 1. The number of anilines is 1. The molecule has 3 aromatic rings. The molecule has 0 saturated heterocycles. The van der Waals surface area contributed by atoms with E-state index < -0.39 is 27.1 Å². The summed E-state index contributed by atoms with van der Waals surface area (Å²) in [4.78, 5) is 38.4. The predicted molar refractivity (Wildman–Crippen MR) is 112 cm³/mol. The zero-order valence-corrected chi connectivity index (χ0v) is 17.3. The molecule has 29 heavy (non-hydrogen) atoms. The van der Waals surface area contributed by atoms with Crippen molar-refractivity contribution in [3.05, 3.63) is 77.6 Å². The molecule has 1 heterocycles. The number of aryl methyl sites for hydroxylation is 1. The van der Waals surface area contributed by atoms with Gasteiger partial charge in [0.25, 0.3) is 17.3 Å². The molecule has 0 saturated carbocycles. The molecule has 11 heteroatoms. The molecule has 0 unspecified atom stereocenters. The fraction of sp³-hybridized carbons (Fsp3) is 0.111. The van der Waals surface area contributed by atoms with Crippen molar-refractivity contribution in [1.29, 1.82) is 0 Å². The van der Waals surface area contributed by atoms with Crippen molar-refractivity contribution in [2.24, 2.45) is 0 Å². The molecule has 0 atom stereocenters. The van der Waals surface area contributed by atoms with Gasteiger partial charge < -0.3 is 0 Å². The fourth-order valence-electron chi connectivity index (χ4n) is 2.58. The number of benzene rings is 2. The van der Waals surface area contributed by atoms with Crippen LogP contribution < -0.4 is 5.32 Å². The van der Waals surface area contributed by atoms with Gasteiger partial charge in [0.05, 0.1) is 27.2 Å². The summed E-state index contributed by atoms with van der Waals surface area (Å²) in [5, 5.41) is 24.9. The highest BCUT2D eigenvalue weighted by Crippen LogP contribution is 2.33. The third-order valence-electron chi connectivity index (χ3n) is 3.94. The Balaban J connectivity index is 1.92. The maximum Gasteiger partial charge on any atom is 0.277 e. The lowest BCUT2D eigenvalue weighted by atomic mass is 10.1. The van der Waals surface area contributed by atoms with Crippen LogP contribution in [0.3, 0.4) is 0 Å². The quantitative estimate of drug-likeness (QED) is 0.384. The van der Waals surface area contributed by atoms with Gasteiger partial charge in [-0.05, 0) is 18.6 Å². The lowest BCUT2D eigenvalue weighted by Crippen LogP contribution is -2.12. The van der Waals surface area contributed by atoms with Gasteiger partial charge in [-0.3, -0.25) is 30.3 Å². The number of nitrogens with one attached hydrogen (secondary N) is 1. The van der Waals surface area contributed by atoms with Crippen LogP contribution in [0.5, 0.6) is 0 Å². The van der Waals surface area contributed by atoms with Crippen molar-refractivity contribution in [3.8, 4) is 11.3 Å². The molecule has 9 nitrogen and oxygen atoms in total. The monoisotopic (exact) mass is 476 g/mol. The Bertz CT molecular complexity index is 1080. The molecule has 0 fully saturated rings. The Morgan fingerprint density at radius 3 is 2.21 bits per heavy atom. The molecular weight excluding hydrogens is 464 g/mol. The minimum atomic E-state index is -0.784. The molecule has 148 valence electrons. The lowest BCUT2D eigenvalue weighted by Gasteiger charge is -2.02. The number of non-ortho nitro benzene ring substituents is 2. The molecule has 1 amide bonds. The van der Waals surface area contributed by atoms with Crippen molar-refractivity contribution >= 4 is 49.7 Å². The summed E-state index contributed by atoms with van der Waals surface area (Å²) >= 11 is 4.66. The van der Waals surface area contributed by atoms with Gasteiger partial charge in [0, 0.05) is 27.0 Å². The SMILES string of the molecule is CCc1sc(NC(=O)c2cc([N+](=O)[O-])cc([N+](=O)[O-])c2)nc1-c1ccc(Br)cc1. The van der Waals surface area contributed by atoms with Gasteiger partial charge in [0.2, 0.25) is 0 Å².